The number of halogens is 1. The second-order valence-corrected chi connectivity index (χ2v) is 6.87. The number of amides is 2. The van der Waals surface area contributed by atoms with E-state index in [1.54, 1.807) is 0 Å². The molecule has 2 aliphatic rings. The Labute approximate surface area is 146 Å². The molecule has 0 aromatic rings. The highest BCUT2D eigenvalue weighted by molar-refractivity contribution is 5.85. The molecule has 0 radical (unpaired) electrons. The second-order valence-electron chi connectivity index (χ2n) is 6.87. The average molecular weight is 346 g/mol. The van der Waals surface area contributed by atoms with Crippen molar-refractivity contribution in [3.8, 4) is 0 Å². The third-order valence-electron chi connectivity index (χ3n) is 5.11. The highest BCUT2D eigenvalue weighted by Gasteiger charge is 2.31. The molecule has 2 heterocycles. The van der Waals surface area contributed by atoms with Crippen molar-refractivity contribution >= 4 is 24.2 Å². The summed E-state index contributed by atoms with van der Waals surface area (Å²) in [7, 11) is 1.91. The minimum atomic E-state index is 0. The summed E-state index contributed by atoms with van der Waals surface area (Å²) >= 11 is 0. The maximum absolute atomic E-state index is 12.6. The maximum Gasteiger partial charge on any atom is 0.225 e. The Balaban J connectivity index is 0.00000264. The Morgan fingerprint density at radius 1 is 1.00 bits per heavy atom. The van der Waals surface area contributed by atoms with Gasteiger partial charge in [-0.15, -0.1) is 12.4 Å². The van der Waals surface area contributed by atoms with Gasteiger partial charge in [0, 0.05) is 38.5 Å². The summed E-state index contributed by atoms with van der Waals surface area (Å²) in [4.78, 5) is 28.6. The van der Waals surface area contributed by atoms with Gasteiger partial charge in [0.1, 0.15) is 0 Å². The molecule has 6 heteroatoms. The monoisotopic (exact) mass is 345 g/mol. The molecule has 0 aromatic heterocycles. The number of hydrogen-bond donors (Lipinski definition) is 1. The summed E-state index contributed by atoms with van der Waals surface area (Å²) in [6.45, 7) is 6.48. The van der Waals surface area contributed by atoms with Crippen LogP contribution in [0.25, 0.3) is 0 Å². The van der Waals surface area contributed by atoms with Crippen molar-refractivity contribution in [1.82, 2.24) is 15.1 Å². The molecule has 2 rings (SSSR count). The maximum atomic E-state index is 12.6. The molecule has 134 valence electrons. The Morgan fingerprint density at radius 3 is 2.13 bits per heavy atom. The summed E-state index contributed by atoms with van der Waals surface area (Å²) in [5.41, 5.74) is 0. The molecule has 0 bridgehead atoms. The quantitative estimate of drug-likeness (QED) is 0.774. The van der Waals surface area contributed by atoms with Gasteiger partial charge < -0.3 is 15.1 Å². The molecule has 0 spiro atoms. The molecule has 0 saturated carbocycles. The highest BCUT2D eigenvalue weighted by atomic mass is 35.5. The average Bonchev–Trinajstić information content (AvgIpc) is 2.55. The molecule has 2 amide bonds. The smallest absolute Gasteiger partial charge is 0.225 e. The van der Waals surface area contributed by atoms with Gasteiger partial charge in [0.15, 0.2) is 0 Å². The van der Waals surface area contributed by atoms with Crippen LogP contribution >= 0.6 is 12.4 Å². The van der Waals surface area contributed by atoms with Crippen molar-refractivity contribution in [2.75, 3.05) is 39.8 Å². The molecule has 1 N–H and O–H groups in total. The van der Waals surface area contributed by atoms with E-state index in [1.807, 2.05) is 11.9 Å². The van der Waals surface area contributed by atoms with Crippen LogP contribution in [0.3, 0.4) is 0 Å². The molecule has 2 saturated heterocycles. The van der Waals surface area contributed by atoms with Gasteiger partial charge in [-0.1, -0.05) is 6.92 Å². The fraction of sp³-hybridized carbons (Fsp3) is 0.882. The fourth-order valence-corrected chi connectivity index (χ4v) is 3.44. The number of nitrogens with one attached hydrogen (secondary N) is 1. The van der Waals surface area contributed by atoms with Crippen LogP contribution < -0.4 is 5.32 Å². The van der Waals surface area contributed by atoms with Crippen LogP contribution in [0.1, 0.15) is 45.4 Å². The number of nitrogens with zero attached hydrogens (tertiary/aromatic N) is 2. The van der Waals surface area contributed by atoms with E-state index in [4.69, 9.17) is 0 Å². The lowest BCUT2D eigenvalue weighted by Crippen LogP contribution is -2.46. The van der Waals surface area contributed by atoms with E-state index < -0.39 is 0 Å². The third-order valence-corrected chi connectivity index (χ3v) is 5.11. The van der Waals surface area contributed by atoms with E-state index in [2.05, 4.69) is 17.1 Å². The van der Waals surface area contributed by atoms with Crippen molar-refractivity contribution < 1.29 is 9.59 Å². The Hall–Kier alpha value is -0.810. The number of piperidine rings is 2. The van der Waals surface area contributed by atoms with Crippen LogP contribution in [0.2, 0.25) is 0 Å². The van der Waals surface area contributed by atoms with Crippen LogP contribution in [-0.4, -0.2) is 61.4 Å². The van der Waals surface area contributed by atoms with Crippen molar-refractivity contribution in [2.45, 2.75) is 45.4 Å². The van der Waals surface area contributed by atoms with Gasteiger partial charge in [0.25, 0.3) is 0 Å². The van der Waals surface area contributed by atoms with E-state index in [9.17, 15) is 9.59 Å². The summed E-state index contributed by atoms with van der Waals surface area (Å²) in [5.74, 6) is 1.46. The lowest BCUT2D eigenvalue weighted by atomic mass is 9.92. The van der Waals surface area contributed by atoms with Crippen LogP contribution in [0, 0.1) is 11.8 Å². The minimum Gasteiger partial charge on any atom is -0.343 e. The largest absolute Gasteiger partial charge is 0.343 e. The van der Waals surface area contributed by atoms with Gasteiger partial charge >= 0.3 is 0 Å². The van der Waals surface area contributed by atoms with Crippen LogP contribution in [0.5, 0.6) is 0 Å². The first kappa shape index (κ1) is 20.2. The van der Waals surface area contributed by atoms with E-state index in [0.29, 0.717) is 12.3 Å². The summed E-state index contributed by atoms with van der Waals surface area (Å²) < 4.78 is 0. The highest BCUT2D eigenvalue weighted by Crippen LogP contribution is 2.23. The molecule has 2 fully saturated rings. The number of likely N-dealkylation sites (tertiary alicyclic amines) is 2. The molecule has 0 atom stereocenters. The van der Waals surface area contributed by atoms with Crippen molar-refractivity contribution in [2.24, 2.45) is 11.8 Å². The molecule has 0 aromatic carbocycles. The molecule has 23 heavy (non-hydrogen) atoms. The fourth-order valence-electron chi connectivity index (χ4n) is 3.44. The SMILES string of the molecule is CNCCCC(=O)N1CCC(C(=O)N2CCC(C)CC2)CC1.Cl. The normalized spacial score (nSPS) is 20.3. The van der Waals surface area contributed by atoms with Gasteiger partial charge in [-0.05, 0) is 51.6 Å². The first-order valence-corrected chi connectivity index (χ1v) is 8.83. The molecule has 2 aliphatic heterocycles. The van der Waals surface area contributed by atoms with Gasteiger partial charge in [0.05, 0.1) is 0 Å². The molecule has 0 aliphatic carbocycles. The minimum absolute atomic E-state index is 0. The zero-order chi connectivity index (χ0) is 15.9. The number of carbonyl (C=O) groups excluding carboxylic acids is 2. The zero-order valence-electron chi connectivity index (χ0n) is 14.6. The predicted molar refractivity (Wildman–Crippen MR) is 94.7 cm³/mol. The Bertz CT molecular complexity index is 376. The second kappa shape index (κ2) is 10.1. The first-order valence-electron chi connectivity index (χ1n) is 8.83. The Kier molecular flexibility index (Phi) is 8.92. The van der Waals surface area contributed by atoms with Crippen LogP contribution in [0.4, 0.5) is 0 Å². The zero-order valence-corrected chi connectivity index (χ0v) is 15.4. The number of hydrogen-bond acceptors (Lipinski definition) is 3. The van der Waals surface area contributed by atoms with Crippen molar-refractivity contribution in [3.05, 3.63) is 0 Å². The predicted octanol–water partition coefficient (Wildman–Crippen LogP) is 1.90. The van der Waals surface area contributed by atoms with Gasteiger partial charge in [0.2, 0.25) is 11.8 Å². The van der Waals surface area contributed by atoms with E-state index in [1.165, 1.54) is 0 Å². The topological polar surface area (TPSA) is 52.7 Å². The van der Waals surface area contributed by atoms with Crippen LogP contribution in [-0.2, 0) is 9.59 Å². The molecular weight excluding hydrogens is 314 g/mol. The van der Waals surface area contributed by atoms with Gasteiger partial charge in [-0.2, -0.15) is 0 Å². The van der Waals surface area contributed by atoms with E-state index in [0.717, 1.165) is 70.7 Å². The van der Waals surface area contributed by atoms with Crippen molar-refractivity contribution in [3.63, 3.8) is 0 Å². The summed E-state index contributed by atoms with van der Waals surface area (Å²) in [6.07, 6.45) is 5.44. The lowest BCUT2D eigenvalue weighted by Gasteiger charge is -2.36. The molecule has 0 unspecified atom stereocenters. The van der Waals surface area contributed by atoms with Gasteiger partial charge in [-0.3, -0.25) is 9.59 Å². The number of carbonyl (C=O) groups is 2. The Morgan fingerprint density at radius 2 is 1.57 bits per heavy atom. The number of rotatable bonds is 5. The first-order chi connectivity index (χ1) is 10.6. The third kappa shape index (κ3) is 5.96. The van der Waals surface area contributed by atoms with Crippen molar-refractivity contribution in [1.29, 1.82) is 0 Å². The summed E-state index contributed by atoms with van der Waals surface area (Å²) in [6, 6.07) is 0. The van der Waals surface area contributed by atoms with E-state index >= 15 is 0 Å². The van der Waals surface area contributed by atoms with E-state index in [-0.39, 0.29) is 24.2 Å². The summed E-state index contributed by atoms with van der Waals surface area (Å²) in [5, 5.41) is 3.07. The molecule has 5 nitrogen and oxygen atoms in total. The molecular formula is C17H32ClN3O2. The van der Waals surface area contributed by atoms with Crippen LogP contribution in [0.15, 0.2) is 0 Å². The standard InChI is InChI=1S/C17H31N3O2.ClH/c1-14-5-10-20(11-6-14)17(22)15-7-12-19(13-8-15)16(21)4-3-9-18-2;/h14-15,18H,3-13H2,1-2H3;1H. The lowest BCUT2D eigenvalue weighted by molar-refractivity contribution is -0.141. The van der Waals surface area contributed by atoms with Gasteiger partial charge in [-0.25, -0.2) is 0 Å².